The van der Waals surface area contributed by atoms with Crippen molar-refractivity contribution in [2.75, 3.05) is 11.9 Å². The van der Waals surface area contributed by atoms with Crippen LogP contribution in [0.2, 0.25) is 0 Å². The Morgan fingerprint density at radius 3 is 2.88 bits per heavy atom. The first-order valence-electron chi connectivity index (χ1n) is 7.88. The van der Waals surface area contributed by atoms with Crippen molar-refractivity contribution in [3.05, 3.63) is 60.7 Å². The summed E-state index contributed by atoms with van der Waals surface area (Å²) in [7, 11) is 0. The quantitative estimate of drug-likeness (QED) is 0.534. The molecule has 0 bridgehead atoms. The summed E-state index contributed by atoms with van der Waals surface area (Å²) in [6, 6.07) is 14.1. The van der Waals surface area contributed by atoms with Gasteiger partial charge in [0, 0.05) is 30.1 Å². The van der Waals surface area contributed by atoms with E-state index in [9.17, 15) is 0 Å². The van der Waals surface area contributed by atoms with Crippen LogP contribution in [0.4, 0.5) is 5.82 Å². The van der Waals surface area contributed by atoms with Gasteiger partial charge in [-0.05, 0) is 18.9 Å². The first kappa shape index (κ1) is 14.4. The summed E-state index contributed by atoms with van der Waals surface area (Å²) in [6.07, 6.45) is 5.23. The maximum Gasteiger partial charge on any atom is 0.254 e. The highest BCUT2D eigenvalue weighted by atomic mass is 15.3. The Labute approximate surface area is 138 Å². The molecule has 0 aliphatic heterocycles. The summed E-state index contributed by atoms with van der Waals surface area (Å²) in [6.45, 7) is 0.826. The maximum absolute atomic E-state index is 4.57. The Hall–Kier alpha value is -3.22. The molecule has 0 saturated heterocycles. The molecule has 0 fully saturated rings. The number of H-pyrrole nitrogens is 1. The molecule has 0 unspecified atom stereocenters. The molecule has 24 heavy (non-hydrogen) atoms. The average molecular weight is 319 g/mol. The van der Waals surface area contributed by atoms with E-state index in [0.29, 0.717) is 5.78 Å². The monoisotopic (exact) mass is 319 g/mol. The van der Waals surface area contributed by atoms with E-state index in [0.717, 1.165) is 42.2 Å². The number of aromatic amines is 1. The average Bonchev–Trinajstić information content (AvgIpc) is 3.30. The van der Waals surface area contributed by atoms with Gasteiger partial charge in [-0.2, -0.15) is 19.7 Å². The first-order valence-corrected chi connectivity index (χ1v) is 7.88. The lowest BCUT2D eigenvalue weighted by Crippen LogP contribution is -2.09. The molecular weight excluding hydrogens is 302 g/mol. The predicted molar refractivity (Wildman–Crippen MR) is 91.6 cm³/mol. The third kappa shape index (κ3) is 2.96. The van der Waals surface area contributed by atoms with Crippen molar-refractivity contribution in [2.24, 2.45) is 0 Å². The largest absolute Gasteiger partial charge is 0.370 e. The molecule has 120 valence electrons. The molecule has 4 aromatic rings. The summed E-state index contributed by atoms with van der Waals surface area (Å²) >= 11 is 0. The smallest absolute Gasteiger partial charge is 0.254 e. The van der Waals surface area contributed by atoms with Gasteiger partial charge in [-0.15, -0.1) is 0 Å². The normalized spacial score (nSPS) is 11.0. The highest BCUT2D eigenvalue weighted by Gasteiger charge is 2.08. The molecule has 7 heteroatoms. The van der Waals surface area contributed by atoms with E-state index in [1.54, 1.807) is 10.7 Å². The van der Waals surface area contributed by atoms with Gasteiger partial charge in [0.2, 0.25) is 0 Å². The van der Waals surface area contributed by atoms with Crippen molar-refractivity contribution in [1.82, 2.24) is 29.8 Å². The van der Waals surface area contributed by atoms with Crippen LogP contribution in [-0.2, 0) is 6.42 Å². The van der Waals surface area contributed by atoms with E-state index in [1.165, 1.54) is 6.33 Å². The lowest BCUT2D eigenvalue weighted by atomic mass is 10.1. The molecule has 0 amide bonds. The van der Waals surface area contributed by atoms with Gasteiger partial charge in [-0.3, -0.25) is 5.10 Å². The van der Waals surface area contributed by atoms with Crippen LogP contribution in [0.15, 0.2) is 55.0 Å². The second-order valence-corrected chi connectivity index (χ2v) is 5.48. The van der Waals surface area contributed by atoms with E-state index in [-0.39, 0.29) is 0 Å². The Balaban J connectivity index is 1.54. The third-order valence-corrected chi connectivity index (χ3v) is 3.81. The lowest BCUT2D eigenvalue weighted by Gasteiger charge is -2.09. The highest BCUT2D eigenvalue weighted by molar-refractivity contribution is 5.65. The molecule has 0 aliphatic rings. The summed E-state index contributed by atoms with van der Waals surface area (Å²) in [5.74, 6) is 1.48. The fraction of sp³-hybridized carbons (Fsp3) is 0.176. The third-order valence-electron chi connectivity index (χ3n) is 3.81. The summed E-state index contributed by atoms with van der Waals surface area (Å²) in [5.41, 5.74) is 3.08. The minimum Gasteiger partial charge on any atom is -0.370 e. The Morgan fingerprint density at radius 1 is 1.12 bits per heavy atom. The lowest BCUT2D eigenvalue weighted by molar-refractivity contribution is 0.815. The number of hydrogen-bond donors (Lipinski definition) is 2. The van der Waals surface area contributed by atoms with Crippen LogP contribution >= 0.6 is 0 Å². The fourth-order valence-corrected chi connectivity index (χ4v) is 2.61. The molecular formula is C17H17N7. The molecule has 3 heterocycles. The molecule has 3 aromatic heterocycles. The number of rotatable bonds is 6. The van der Waals surface area contributed by atoms with E-state index in [4.69, 9.17) is 0 Å². The minimum atomic E-state index is 0.590. The first-order chi connectivity index (χ1) is 11.9. The number of aryl methyl sites for hydroxylation is 1. The van der Waals surface area contributed by atoms with Crippen molar-refractivity contribution in [2.45, 2.75) is 12.8 Å². The molecule has 0 atom stereocenters. The predicted octanol–water partition coefficient (Wildman–Crippen LogP) is 2.56. The van der Waals surface area contributed by atoms with Crippen molar-refractivity contribution in [1.29, 1.82) is 0 Å². The van der Waals surface area contributed by atoms with Gasteiger partial charge in [0.1, 0.15) is 12.1 Å². The minimum absolute atomic E-state index is 0.590. The van der Waals surface area contributed by atoms with Gasteiger partial charge in [0.05, 0.1) is 5.69 Å². The number of anilines is 1. The van der Waals surface area contributed by atoms with Crippen LogP contribution in [0.5, 0.6) is 0 Å². The van der Waals surface area contributed by atoms with E-state index in [1.807, 2.05) is 42.5 Å². The van der Waals surface area contributed by atoms with Crippen LogP contribution in [0.3, 0.4) is 0 Å². The molecule has 1 aromatic carbocycles. The number of hydrogen-bond acceptors (Lipinski definition) is 5. The van der Waals surface area contributed by atoms with Crippen LogP contribution in [-0.4, -0.2) is 36.3 Å². The molecule has 0 saturated carbocycles. The molecule has 0 radical (unpaired) electrons. The zero-order valence-electron chi connectivity index (χ0n) is 13.1. The van der Waals surface area contributed by atoms with Gasteiger partial charge < -0.3 is 5.32 Å². The van der Waals surface area contributed by atoms with Crippen LogP contribution in [0, 0.1) is 0 Å². The standard InChI is InChI=1S/C17H17N7/c1-2-5-13(6-3-1)15-11-16(24-17(22-15)19-12-21-24)18-9-4-7-14-8-10-20-23-14/h1-3,5-6,8,10-12,18H,4,7,9H2,(H,20,23). The molecule has 0 spiro atoms. The summed E-state index contributed by atoms with van der Waals surface area (Å²) in [5, 5.41) is 14.6. The fourth-order valence-electron chi connectivity index (χ4n) is 2.61. The topological polar surface area (TPSA) is 83.8 Å². The Kier molecular flexibility index (Phi) is 3.89. The molecule has 2 N–H and O–H groups in total. The number of benzene rings is 1. The number of aromatic nitrogens is 6. The van der Waals surface area contributed by atoms with Gasteiger partial charge in [-0.25, -0.2) is 4.98 Å². The van der Waals surface area contributed by atoms with Crippen molar-refractivity contribution >= 4 is 11.6 Å². The van der Waals surface area contributed by atoms with Gasteiger partial charge in [-0.1, -0.05) is 30.3 Å². The van der Waals surface area contributed by atoms with E-state index in [2.05, 4.69) is 30.6 Å². The maximum atomic E-state index is 4.57. The molecule has 0 aliphatic carbocycles. The summed E-state index contributed by atoms with van der Waals surface area (Å²) in [4.78, 5) is 8.79. The van der Waals surface area contributed by atoms with Crippen LogP contribution < -0.4 is 5.32 Å². The highest BCUT2D eigenvalue weighted by Crippen LogP contribution is 2.21. The SMILES string of the molecule is c1ccc(-c2cc(NCCCc3ccn[nH]3)n3ncnc3n2)cc1. The number of fused-ring (bicyclic) bond motifs is 1. The number of nitrogens with one attached hydrogen (secondary N) is 2. The van der Waals surface area contributed by atoms with Crippen molar-refractivity contribution in [3.8, 4) is 11.3 Å². The zero-order valence-corrected chi connectivity index (χ0v) is 13.1. The van der Waals surface area contributed by atoms with Gasteiger partial charge >= 0.3 is 0 Å². The van der Waals surface area contributed by atoms with Crippen molar-refractivity contribution in [3.63, 3.8) is 0 Å². The second kappa shape index (κ2) is 6.49. The second-order valence-electron chi connectivity index (χ2n) is 5.48. The van der Waals surface area contributed by atoms with Crippen LogP contribution in [0.25, 0.3) is 17.0 Å². The van der Waals surface area contributed by atoms with Crippen LogP contribution in [0.1, 0.15) is 12.1 Å². The van der Waals surface area contributed by atoms with Gasteiger partial charge in [0.15, 0.2) is 0 Å². The molecule has 4 rings (SSSR count). The van der Waals surface area contributed by atoms with Crippen molar-refractivity contribution < 1.29 is 0 Å². The zero-order chi connectivity index (χ0) is 16.2. The summed E-state index contributed by atoms with van der Waals surface area (Å²) < 4.78 is 1.72. The molecule has 7 nitrogen and oxygen atoms in total. The number of nitrogens with zero attached hydrogens (tertiary/aromatic N) is 5. The Morgan fingerprint density at radius 2 is 2.04 bits per heavy atom. The Bertz CT molecular complexity index is 913. The van der Waals surface area contributed by atoms with Gasteiger partial charge in [0.25, 0.3) is 5.78 Å². The van der Waals surface area contributed by atoms with E-state index >= 15 is 0 Å². The van der Waals surface area contributed by atoms with E-state index < -0.39 is 0 Å².